The van der Waals surface area contributed by atoms with Crippen LogP contribution in [0.3, 0.4) is 0 Å². The number of hydrogen-bond donors (Lipinski definition) is 0. The fraction of sp³-hybridized carbons (Fsp3) is 0.143. The summed E-state index contributed by atoms with van der Waals surface area (Å²) in [4.78, 5) is 3.04. The first-order valence-corrected chi connectivity index (χ1v) is 13.9. The van der Waals surface area contributed by atoms with Crippen LogP contribution in [0.25, 0.3) is 0 Å². The predicted molar refractivity (Wildman–Crippen MR) is 116 cm³/mol. The molecule has 0 spiro atoms. The minimum atomic E-state index is -3.68. The summed E-state index contributed by atoms with van der Waals surface area (Å²) in [7, 11) is -3.68. The summed E-state index contributed by atoms with van der Waals surface area (Å²) in [5.74, 6) is 0.859. The van der Waals surface area contributed by atoms with E-state index in [1.165, 1.54) is 11.0 Å². The van der Waals surface area contributed by atoms with Gasteiger partial charge in [0.25, 0.3) is 5.44 Å². The van der Waals surface area contributed by atoms with Crippen molar-refractivity contribution in [3.63, 3.8) is 0 Å². The van der Waals surface area contributed by atoms with Crippen LogP contribution in [0.15, 0.2) is 80.2 Å². The maximum Gasteiger partial charge on any atom is 0.286 e. The van der Waals surface area contributed by atoms with Crippen LogP contribution >= 0.6 is 23.5 Å². The molecular weight excluding hydrogens is 460 g/mol. The molecule has 0 fully saturated rings. The third kappa shape index (κ3) is 2.80. The van der Waals surface area contributed by atoms with Gasteiger partial charge in [0.05, 0.1) is 0 Å². The van der Waals surface area contributed by atoms with Crippen molar-refractivity contribution in [1.29, 1.82) is 0 Å². The second-order valence-corrected chi connectivity index (χ2v) is 12.8. The average molecular weight is 475 g/mol. The molecule has 0 bridgehead atoms. The Labute approximate surface area is 185 Å². The second-order valence-electron chi connectivity index (χ2n) is 7.01. The molecule has 3 atom stereocenters. The lowest BCUT2D eigenvalue weighted by atomic mass is 10.2. The Bertz CT molecular complexity index is 1290. The van der Waals surface area contributed by atoms with Gasteiger partial charge in [0.15, 0.2) is 10.6 Å². The number of sulfone groups is 1. The molecule has 0 saturated carbocycles. The molecule has 9 heteroatoms. The smallest absolute Gasteiger partial charge is 0.286 e. The van der Waals surface area contributed by atoms with Gasteiger partial charge in [0.1, 0.15) is 10.6 Å². The summed E-state index contributed by atoms with van der Waals surface area (Å²) >= 11 is 2.07. The highest BCUT2D eigenvalue weighted by Gasteiger charge is 2.43. The van der Waals surface area contributed by atoms with E-state index in [9.17, 15) is 13.0 Å². The van der Waals surface area contributed by atoms with E-state index in [1.807, 2.05) is 30.3 Å². The highest BCUT2D eigenvalue weighted by molar-refractivity contribution is 8.18. The molecule has 3 aromatic rings. The third-order valence-electron chi connectivity index (χ3n) is 5.23. The highest BCUT2D eigenvalue weighted by atomic mass is 32.2. The molecule has 6 rings (SSSR count). The van der Waals surface area contributed by atoms with Gasteiger partial charge in [-0.1, -0.05) is 18.2 Å². The van der Waals surface area contributed by atoms with Crippen molar-refractivity contribution in [1.82, 2.24) is 0 Å². The largest absolute Gasteiger partial charge is 0.608 e. The van der Waals surface area contributed by atoms with Crippen molar-refractivity contribution in [2.24, 2.45) is 0 Å². The minimum Gasteiger partial charge on any atom is -0.608 e. The summed E-state index contributed by atoms with van der Waals surface area (Å²) in [6.45, 7) is 0. The summed E-state index contributed by atoms with van der Waals surface area (Å²) < 4.78 is 50.9. The van der Waals surface area contributed by atoms with Crippen LogP contribution in [0.1, 0.15) is 22.0 Å². The Morgan fingerprint density at radius 1 is 0.900 bits per heavy atom. The highest BCUT2D eigenvalue weighted by Crippen LogP contribution is 2.49. The minimum absolute atomic E-state index is 0.153. The molecule has 3 heterocycles. The van der Waals surface area contributed by atoms with Crippen LogP contribution < -0.4 is 9.47 Å². The van der Waals surface area contributed by atoms with Gasteiger partial charge >= 0.3 is 0 Å². The molecule has 5 nitrogen and oxygen atoms in total. The lowest BCUT2D eigenvalue weighted by Crippen LogP contribution is -2.12. The molecule has 30 heavy (non-hydrogen) atoms. The summed E-state index contributed by atoms with van der Waals surface area (Å²) in [6.07, 6.45) is 0. The van der Waals surface area contributed by atoms with E-state index >= 15 is 0 Å². The first-order valence-electron chi connectivity index (χ1n) is 9.13. The van der Waals surface area contributed by atoms with Gasteiger partial charge in [-0.2, -0.15) is 0 Å². The Morgan fingerprint density at radius 3 is 2.57 bits per heavy atom. The van der Waals surface area contributed by atoms with Gasteiger partial charge in [0.2, 0.25) is 15.3 Å². The first-order chi connectivity index (χ1) is 14.5. The van der Waals surface area contributed by atoms with Crippen LogP contribution in [-0.4, -0.2) is 18.1 Å². The number of thioether (sulfide) groups is 2. The Balaban J connectivity index is 1.35. The molecule has 3 aliphatic heterocycles. The van der Waals surface area contributed by atoms with Gasteiger partial charge < -0.3 is 14.0 Å². The zero-order valence-electron chi connectivity index (χ0n) is 15.3. The first kappa shape index (κ1) is 18.9. The molecule has 0 aromatic heterocycles. The number of hydrogen-bond acceptors (Lipinski definition) is 7. The third-order valence-corrected chi connectivity index (χ3v) is 11.0. The van der Waals surface area contributed by atoms with Gasteiger partial charge in [-0.15, -0.1) is 23.5 Å². The van der Waals surface area contributed by atoms with Crippen molar-refractivity contribution in [2.75, 3.05) is 5.08 Å². The van der Waals surface area contributed by atoms with E-state index in [-0.39, 0.29) is 10.6 Å². The predicted octanol–water partition coefficient (Wildman–Crippen LogP) is 4.91. The molecule has 3 aromatic carbocycles. The zero-order valence-corrected chi connectivity index (χ0v) is 18.6. The van der Waals surface area contributed by atoms with Crippen LogP contribution in [-0.2, 0) is 21.0 Å². The van der Waals surface area contributed by atoms with E-state index in [0.29, 0.717) is 21.8 Å². The molecule has 0 N–H and O–H groups in total. The van der Waals surface area contributed by atoms with Gasteiger partial charge in [0, 0.05) is 37.2 Å². The number of para-hydroxylation sites is 1. The van der Waals surface area contributed by atoms with Crippen LogP contribution in [0.2, 0.25) is 0 Å². The number of ether oxygens (including phenoxy) is 2. The number of rotatable bonds is 2. The van der Waals surface area contributed by atoms with E-state index in [2.05, 4.69) is 0 Å². The van der Waals surface area contributed by atoms with Crippen LogP contribution in [0.4, 0.5) is 0 Å². The van der Waals surface area contributed by atoms with Gasteiger partial charge in [-0.05, 0) is 42.5 Å². The van der Waals surface area contributed by atoms with Crippen molar-refractivity contribution < 1.29 is 22.4 Å². The maximum absolute atomic E-state index is 13.1. The van der Waals surface area contributed by atoms with Gasteiger partial charge in [-0.25, -0.2) is 8.42 Å². The maximum atomic E-state index is 13.1. The lowest BCUT2D eigenvalue weighted by Gasteiger charge is -2.13. The monoisotopic (exact) mass is 474 g/mol. The van der Waals surface area contributed by atoms with Gasteiger partial charge in [-0.3, -0.25) is 0 Å². The van der Waals surface area contributed by atoms with Crippen molar-refractivity contribution in [3.05, 3.63) is 71.8 Å². The van der Waals surface area contributed by atoms with E-state index < -0.39 is 31.9 Å². The summed E-state index contributed by atoms with van der Waals surface area (Å²) in [6, 6.07) is 17.7. The van der Waals surface area contributed by atoms with E-state index in [0.717, 1.165) is 9.98 Å². The van der Waals surface area contributed by atoms with E-state index in [1.54, 1.807) is 47.8 Å². The molecule has 0 saturated heterocycles. The molecule has 0 aliphatic carbocycles. The SMILES string of the molecule is O=S1(=O)c2ccc(C3Oc4ccccc4[S+]3[O-])cc2OC1c1ccc2c(c1)SCS2. The number of benzene rings is 3. The Kier molecular flexibility index (Phi) is 4.33. The molecule has 3 unspecified atom stereocenters. The standard InChI is InChI=1S/C21H14O5S4/c22-29-18-4-2-1-3-14(18)25-20(29)12-6-8-19-15(9-12)26-21(30(19,23)24)13-5-7-16-17(10-13)28-11-27-16/h1-10,20-21H,11H2. The quantitative estimate of drug-likeness (QED) is 0.489. The fourth-order valence-electron chi connectivity index (χ4n) is 3.78. The lowest BCUT2D eigenvalue weighted by molar-refractivity contribution is 0.282. The molecule has 152 valence electrons. The zero-order chi connectivity index (χ0) is 20.5. The van der Waals surface area contributed by atoms with Crippen molar-refractivity contribution >= 4 is 44.5 Å². The summed E-state index contributed by atoms with van der Waals surface area (Å²) in [5, 5.41) is 0.932. The van der Waals surface area contributed by atoms with Crippen molar-refractivity contribution in [2.45, 2.75) is 30.5 Å². The molecule has 0 amide bonds. The van der Waals surface area contributed by atoms with Crippen molar-refractivity contribution in [3.8, 4) is 11.5 Å². The fourth-order valence-corrected chi connectivity index (χ4v) is 9.13. The summed E-state index contributed by atoms with van der Waals surface area (Å²) in [5.41, 5.74) is -0.521. The average Bonchev–Trinajstić information content (AvgIpc) is 3.42. The van der Waals surface area contributed by atoms with E-state index in [4.69, 9.17) is 9.47 Å². The Hall–Kier alpha value is -1.78. The second kappa shape index (κ2) is 6.86. The topological polar surface area (TPSA) is 75.7 Å². The van der Waals surface area contributed by atoms with Crippen LogP contribution in [0.5, 0.6) is 11.5 Å². The molecule has 3 aliphatic rings. The number of fused-ring (bicyclic) bond motifs is 3. The Morgan fingerprint density at radius 2 is 1.70 bits per heavy atom. The van der Waals surface area contributed by atoms with Crippen LogP contribution in [0, 0.1) is 0 Å². The molecular formula is C21H14O5S4. The normalized spacial score (nSPS) is 25.2. The molecule has 0 radical (unpaired) electrons.